The summed E-state index contributed by atoms with van der Waals surface area (Å²) in [7, 11) is 0. The van der Waals surface area contributed by atoms with Crippen LogP contribution in [0.2, 0.25) is 10.0 Å². The van der Waals surface area contributed by atoms with Crippen molar-refractivity contribution in [2.75, 3.05) is 5.48 Å². The second kappa shape index (κ2) is 10.2. The summed E-state index contributed by atoms with van der Waals surface area (Å²) < 4.78 is 15.0. The van der Waals surface area contributed by atoms with Crippen LogP contribution in [0.1, 0.15) is 73.8 Å². The van der Waals surface area contributed by atoms with E-state index < -0.39 is 11.9 Å². The zero-order valence-corrected chi connectivity index (χ0v) is 20.6. The van der Waals surface area contributed by atoms with Crippen LogP contribution in [0.15, 0.2) is 36.4 Å². The van der Waals surface area contributed by atoms with E-state index in [0.717, 1.165) is 25.7 Å². The van der Waals surface area contributed by atoms with Gasteiger partial charge in [-0.15, -0.1) is 0 Å². The van der Waals surface area contributed by atoms with Gasteiger partial charge in [0.1, 0.15) is 5.82 Å². The number of hydrogen-bond donors (Lipinski definition) is 3. The molecule has 5 nitrogen and oxygen atoms in total. The van der Waals surface area contributed by atoms with Crippen LogP contribution in [-0.2, 0) is 4.79 Å². The molecule has 0 aliphatic heterocycles. The van der Waals surface area contributed by atoms with Gasteiger partial charge in [-0.25, -0.2) is 4.39 Å². The third-order valence-corrected chi connectivity index (χ3v) is 8.37. The molecule has 0 aromatic heterocycles. The number of amides is 1. The van der Waals surface area contributed by atoms with Gasteiger partial charge in [0, 0.05) is 23.0 Å². The van der Waals surface area contributed by atoms with Crippen LogP contribution in [0.5, 0.6) is 0 Å². The smallest absolute Gasteiger partial charge is 0.223 e. The zero-order chi connectivity index (χ0) is 24.5. The number of Topliss-reactive ketones (excluding diaryl/α,β-unsaturated/α-hetero) is 1. The number of halogens is 3. The number of anilines is 1. The molecule has 1 amide bonds. The molecule has 34 heavy (non-hydrogen) atoms. The molecule has 2 aromatic carbocycles. The minimum atomic E-state index is -0.601. The van der Waals surface area contributed by atoms with Crippen LogP contribution >= 0.6 is 23.2 Å². The van der Waals surface area contributed by atoms with Gasteiger partial charge in [-0.1, -0.05) is 55.1 Å². The molecule has 3 N–H and O–H groups in total. The Morgan fingerprint density at radius 1 is 1.12 bits per heavy atom. The first-order valence-electron chi connectivity index (χ1n) is 11.7. The second-order valence-electron chi connectivity index (χ2n) is 9.82. The third-order valence-electron chi connectivity index (χ3n) is 7.55. The molecule has 2 aliphatic rings. The van der Waals surface area contributed by atoms with E-state index in [-0.39, 0.29) is 44.5 Å². The number of benzene rings is 2. The number of carbonyl (C=O) groups is 2. The molecular formula is C26H29Cl2FN2O3. The van der Waals surface area contributed by atoms with E-state index in [9.17, 15) is 14.0 Å². The van der Waals surface area contributed by atoms with E-state index in [2.05, 4.69) is 17.7 Å². The lowest BCUT2D eigenvalue weighted by Crippen LogP contribution is -2.41. The fraction of sp³-hybridized carbons (Fsp3) is 0.462. The second-order valence-corrected chi connectivity index (χ2v) is 10.6. The van der Waals surface area contributed by atoms with Crippen LogP contribution in [0.25, 0.3) is 0 Å². The molecule has 2 fully saturated rings. The van der Waals surface area contributed by atoms with Gasteiger partial charge in [0.25, 0.3) is 0 Å². The van der Waals surface area contributed by atoms with Crippen LogP contribution in [0.3, 0.4) is 0 Å². The Bertz CT molecular complexity index is 1090. The van der Waals surface area contributed by atoms with Crippen LogP contribution < -0.4 is 10.8 Å². The number of rotatable bonds is 7. The van der Waals surface area contributed by atoms with Crippen molar-refractivity contribution >= 4 is 40.6 Å². The molecule has 0 radical (unpaired) electrons. The largest absolute Gasteiger partial charge is 0.348 e. The molecule has 0 bridgehead atoms. The van der Waals surface area contributed by atoms with Crippen molar-refractivity contribution in [3.8, 4) is 0 Å². The van der Waals surface area contributed by atoms with Gasteiger partial charge in [-0.2, -0.15) is 0 Å². The average Bonchev–Trinajstić information content (AvgIpc) is 3.51. The lowest BCUT2D eigenvalue weighted by molar-refractivity contribution is -0.126. The minimum absolute atomic E-state index is 0.0457. The van der Waals surface area contributed by atoms with Gasteiger partial charge >= 0.3 is 0 Å². The van der Waals surface area contributed by atoms with Crippen LogP contribution in [0, 0.1) is 23.1 Å². The summed E-state index contributed by atoms with van der Waals surface area (Å²) in [5, 5.41) is 12.6. The van der Waals surface area contributed by atoms with Gasteiger partial charge in [-0.3, -0.25) is 20.3 Å². The highest BCUT2D eigenvalue weighted by Gasteiger charge is 2.43. The number of hydrogen-bond acceptors (Lipinski definition) is 4. The summed E-state index contributed by atoms with van der Waals surface area (Å²) in [5.74, 6) is -1.34. The SMILES string of the molecule is CC1(C(NC(=O)C2CCC(C(=O)c3cccc(NO)c3)C2)c2c(F)ccc(Cl)c2Cl)CCCC1. The molecule has 0 saturated heterocycles. The molecule has 2 saturated carbocycles. The van der Waals surface area contributed by atoms with E-state index in [0.29, 0.717) is 30.5 Å². The Hall–Kier alpha value is -2.15. The van der Waals surface area contributed by atoms with Crippen molar-refractivity contribution in [1.82, 2.24) is 5.32 Å². The maximum Gasteiger partial charge on any atom is 0.223 e. The van der Waals surface area contributed by atoms with Crippen molar-refractivity contribution in [2.45, 2.75) is 57.9 Å². The molecule has 3 unspecified atom stereocenters. The van der Waals surface area contributed by atoms with Gasteiger partial charge in [0.15, 0.2) is 5.78 Å². The Labute approximate surface area is 209 Å². The topological polar surface area (TPSA) is 78.4 Å². The molecule has 2 aliphatic carbocycles. The Balaban J connectivity index is 1.53. The Kier molecular flexibility index (Phi) is 7.51. The third kappa shape index (κ3) is 4.95. The zero-order valence-electron chi connectivity index (χ0n) is 19.0. The minimum Gasteiger partial charge on any atom is -0.348 e. The van der Waals surface area contributed by atoms with Crippen molar-refractivity contribution in [1.29, 1.82) is 0 Å². The van der Waals surface area contributed by atoms with Gasteiger partial charge in [0.05, 0.1) is 21.8 Å². The van der Waals surface area contributed by atoms with Gasteiger partial charge in [0.2, 0.25) is 5.91 Å². The van der Waals surface area contributed by atoms with Gasteiger partial charge in [-0.05, 0) is 61.8 Å². The summed E-state index contributed by atoms with van der Waals surface area (Å²) in [6, 6.07) is 8.77. The van der Waals surface area contributed by atoms with E-state index in [1.54, 1.807) is 24.3 Å². The Morgan fingerprint density at radius 2 is 1.82 bits per heavy atom. The molecule has 4 rings (SSSR count). The summed E-state index contributed by atoms with van der Waals surface area (Å²) >= 11 is 12.7. The molecule has 182 valence electrons. The van der Waals surface area contributed by atoms with Crippen molar-refractivity contribution < 1.29 is 19.2 Å². The van der Waals surface area contributed by atoms with E-state index in [4.69, 9.17) is 28.4 Å². The summed E-state index contributed by atoms with van der Waals surface area (Å²) in [6.07, 6.45) is 5.31. The monoisotopic (exact) mass is 506 g/mol. The number of ketones is 1. The molecule has 8 heteroatoms. The lowest BCUT2D eigenvalue weighted by atomic mass is 9.76. The first-order valence-corrected chi connectivity index (χ1v) is 12.5. The maximum atomic E-state index is 15.0. The van der Waals surface area contributed by atoms with E-state index in [1.165, 1.54) is 12.1 Å². The molecule has 0 heterocycles. The quantitative estimate of drug-likeness (QED) is 0.215. The highest BCUT2D eigenvalue weighted by Crippen LogP contribution is 2.50. The van der Waals surface area contributed by atoms with Crippen molar-refractivity contribution in [2.24, 2.45) is 17.3 Å². The predicted octanol–water partition coefficient (Wildman–Crippen LogP) is 6.97. The Morgan fingerprint density at radius 3 is 2.53 bits per heavy atom. The van der Waals surface area contributed by atoms with E-state index in [1.807, 2.05) is 0 Å². The normalized spacial score (nSPS) is 22.4. The molecule has 3 atom stereocenters. The average molecular weight is 507 g/mol. The highest BCUT2D eigenvalue weighted by atomic mass is 35.5. The first kappa shape index (κ1) is 25.0. The van der Waals surface area contributed by atoms with Crippen molar-refractivity contribution in [3.63, 3.8) is 0 Å². The number of carbonyl (C=O) groups excluding carboxylic acids is 2. The maximum absolute atomic E-state index is 15.0. The summed E-state index contributed by atoms with van der Waals surface area (Å²) in [6.45, 7) is 2.06. The predicted molar refractivity (Wildman–Crippen MR) is 131 cm³/mol. The van der Waals surface area contributed by atoms with Crippen molar-refractivity contribution in [3.05, 3.63) is 63.4 Å². The standard InChI is InChI=1S/C26H29Cl2FN2O3/c1-26(11-2-3-12-26)24(21-20(29)10-9-19(27)22(21)28)30-25(33)17-8-7-16(13-17)23(32)15-5-4-6-18(14-15)31-34/h4-6,9-10,14,16-17,24,31,34H,2-3,7-8,11-13H2,1H3,(H,30,33). The molecule has 0 spiro atoms. The summed E-state index contributed by atoms with van der Waals surface area (Å²) in [4.78, 5) is 26.4. The molecule has 2 aromatic rings. The fourth-order valence-corrected chi connectivity index (χ4v) is 6.00. The van der Waals surface area contributed by atoms with Gasteiger partial charge < -0.3 is 5.32 Å². The fourth-order valence-electron chi connectivity index (χ4n) is 5.57. The van der Waals surface area contributed by atoms with E-state index >= 15 is 0 Å². The van der Waals surface area contributed by atoms with Crippen LogP contribution in [-0.4, -0.2) is 16.9 Å². The summed E-state index contributed by atoms with van der Waals surface area (Å²) in [5.41, 5.74) is 2.89. The lowest BCUT2D eigenvalue weighted by Gasteiger charge is -2.36. The number of nitrogens with one attached hydrogen (secondary N) is 2. The molecular weight excluding hydrogens is 478 g/mol. The first-order chi connectivity index (χ1) is 16.2. The highest BCUT2D eigenvalue weighted by molar-refractivity contribution is 6.42. The van der Waals surface area contributed by atoms with Crippen LogP contribution in [0.4, 0.5) is 10.1 Å².